The van der Waals surface area contributed by atoms with Crippen molar-refractivity contribution >= 4 is 23.3 Å². The van der Waals surface area contributed by atoms with Gasteiger partial charge in [0, 0.05) is 11.3 Å². The van der Waals surface area contributed by atoms with Gasteiger partial charge in [0.1, 0.15) is 5.75 Å². The van der Waals surface area contributed by atoms with E-state index in [9.17, 15) is 14.4 Å². The number of ketones is 1. The van der Waals surface area contributed by atoms with Gasteiger partial charge in [-0.1, -0.05) is 24.3 Å². The summed E-state index contributed by atoms with van der Waals surface area (Å²) >= 11 is 0. The largest absolute Gasteiger partial charge is 0.482 e. The van der Waals surface area contributed by atoms with Crippen molar-refractivity contribution in [3.05, 3.63) is 59.2 Å². The molecule has 0 aliphatic heterocycles. The molecular formula is C20H21NO5. The van der Waals surface area contributed by atoms with E-state index in [1.807, 2.05) is 26.0 Å². The first-order valence-corrected chi connectivity index (χ1v) is 8.12. The normalized spacial score (nSPS) is 10.1. The van der Waals surface area contributed by atoms with E-state index in [0.717, 1.165) is 11.1 Å². The van der Waals surface area contributed by atoms with Crippen molar-refractivity contribution in [1.29, 1.82) is 0 Å². The van der Waals surface area contributed by atoms with Crippen LogP contribution in [0.25, 0.3) is 0 Å². The Kier molecular flexibility index (Phi) is 6.49. The van der Waals surface area contributed by atoms with Crippen molar-refractivity contribution < 1.29 is 23.9 Å². The molecule has 26 heavy (non-hydrogen) atoms. The smallest absolute Gasteiger partial charge is 0.344 e. The summed E-state index contributed by atoms with van der Waals surface area (Å²) < 4.78 is 10.2. The number of esters is 1. The third-order valence-corrected chi connectivity index (χ3v) is 3.84. The minimum atomic E-state index is -0.672. The highest BCUT2D eigenvalue weighted by atomic mass is 16.6. The van der Waals surface area contributed by atoms with Gasteiger partial charge in [0.25, 0.3) is 5.91 Å². The van der Waals surface area contributed by atoms with E-state index in [1.165, 1.54) is 6.92 Å². The summed E-state index contributed by atoms with van der Waals surface area (Å²) in [6.07, 6.45) is 0. The SMILES string of the molecule is CC(=O)c1cccc(OCC(=O)OCC(=O)Nc2cccc(C)c2C)c1. The predicted molar refractivity (Wildman–Crippen MR) is 97.4 cm³/mol. The molecule has 0 unspecified atom stereocenters. The molecule has 0 aliphatic rings. The molecule has 0 saturated heterocycles. The van der Waals surface area contributed by atoms with Gasteiger partial charge in [0.05, 0.1) is 0 Å². The van der Waals surface area contributed by atoms with E-state index >= 15 is 0 Å². The second kappa shape index (κ2) is 8.80. The second-order valence-corrected chi connectivity index (χ2v) is 5.83. The van der Waals surface area contributed by atoms with Crippen LogP contribution in [0.5, 0.6) is 5.75 Å². The van der Waals surface area contributed by atoms with Crippen LogP contribution >= 0.6 is 0 Å². The Bertz CT molecular complexity index is 829. The Morgan fingerprint density at radius 2 is 1.73 bits per heavy atom. The molecule has 2 aromatic carbocycles. The second-order valence-electron chi connectivity index (χ2n) is 5.83. The average Bonchev–Trinajstić information content (AvgIpc) is 2.62. The van der Waals surface area contributed by atoms with Crippen LogP contribution in [-0.2, 0) is 14.3 Å². The van der Waals surface area contributed by atoms with Gasteiger partial charge >= 0.3 is 5.97 Å². The monoisotopic (exact) mass is 355 g/mol. The molecule has 136 valence electrons. The molecule has 0 spiro atoms. The fourth-order valence-corrected chi connectivity index (χ4v) is 2.21. The molecule has 0 aromatic heterocycles. The third-order valence-electron chi connectivity index (χ3n) is 3.84. The Balaban J connectivity index is 1.79. The van der Waals surface area contributed by atoms with Crippen molar-refractivity contribution in [2.24, 2.45) is 0 Å². The van der Waals surface area contributed by atoms with Crippen LogP contribution in [-0.4, -0.2) is 30.9 Å². The number of carbonyl (C=O) groups is 3. The molecule has 1 amide bonds. The lowest BCUT2D eigenvalue weighted by Gasteiger charge is -2.11. The van der Waals surface area contributed by atoms with E-state index in [0.29, 0.717) is 17.0 Å². The molecule has 0 saturated carbocycles. The van der Waals surface area contributed by atoms with Gasteiger partial charge in [-0.15, -0.1) is 0 Å². The van der Waals surface area contributed by atoms with Crippen LogP contribution in [0.2, 0.25) is 0 Å². The fraction of sp³-hybridized carbons (Fsp3) is 0.250. The highest BCUT2D eigenvalue weighted by Gasteiger charge is 2.11. The first-order chi connectivity index (χ1) is 12.4. The van der Waals surface area contributed by atoms with Crippen LogP contribution in [0.1, 0.15) is 28.4 Å². The number of ether oxygens (including phenoxy) is 2. The quantitative estimate of drug-likeness (QED) is 0.610. The lowest BCUT2D eigenvalue weighted by atomic mass is 10.1. The number of anilines is 1. The van der Waals surface area contributed by atoms with Crippen LogP contribution in [0, 0.1) is 13.8 Å². The number of Topliss-reactive ketones (excluding diaryl/α,β-unsaturated/α-hetero) is 1. The number of hydrogen-bond donors (Lipinski definition) is 1. The van der Waals surface area contributed by atoms with Crippen molar-refractivity contribution in [3.8, 4) is 5.75 Å². The summed E-state index contributed by atoms with van der Waals surface area (Å²) in [5.74, 6) is -0.810. The molecule has 6 nitrogen and oxygen atoms in total. The lowest BCUT2D eigenvalue weighted by molar-refractivity contribution is -0.149. The molecule has 2 rings (SSSR count). The van der Waals surface area contributed by atoms with Gasteiger partial charge in [0.15, 0.2) is 19.0 Å². The number of amides is 1. The molecule has 0 aliphatic carbocycles. The molecule has 0 radical (unpaired) electrons. The minimum Gasteiger partial charge on any atom is -0.482 e. The molecule has 0 fully saturated rings. The highest BCUT2D eigenvalue weighted by Crippen LogP contribution is 2.17. The molecule has 1 N–H and O–H groups in total. The van der Waals surface area contributed by atoms with Gasteiger partial charge in [-0.25, -0.2) is 4.79 Å². The average molecular weight is 355 g/mol. The number of nitrogens with one attached hydrogen (secondary N) is 1. The predicted octanol–water partition coefficient (Wildman–Crippen LogP) is 3.07. The topological polar surface area (TPSA) is 81.7 Å². The van der Waals surface area contributed by atoms with Gasteiger partial charge in [-0.3, -0.25) is 9.59 Å². The molecule has 2 aromatic rings. The molecule has 0 heterocycles. The maximum atomic E-state index is 11.9. The summed E-state index contributed by atoms with van der Waals surface area (Å²) in [5.41, 5.74) is 3.19. The van der Waals surface area contributed by atoms with Crippen molar-refractivity contribution in [2.45, 2.75) is 20.8 Å². The maximum Gasteiger partial charge on any atom is 0.344 e. The fourth-order valence-electron chi connectivity index (χ4n) is 2.21. The van der Waals surface area contributed by atoms with Gasteiger partial charge < -0.3 is 14.8 Å². The van der Waals surface area contributed by atoms with E-state index in [2.05, 4.69) is 5.32 Å². The van der Waals surface area contributed by atoms with Gasteiger partial charge in [0.2, 0.25) is 0 Å². The molecular weight excluding hydrogens is 334 g/mol. The Morgan fingerprint density at radius 1 is 1.00 bits per heavy atom. The summed E-state index contributed by atoms with van der Waals surface area (Å²) in [6, 6.07) is 12.1. The standard InChI is InChI=1S/C20H21NO5/c1-13-6-4-9-18(14(13)2)21-19(23)11-26-20(24)12-25-17-8-5-7-16(10-17)15(3)22/h4-10H,11-12H2,1-3H3,(H,21,23). The summed E-state index contributed by atoms with van der Waals surface area (Å²) in [6.45, 7) is 4.55. The van der Waals surface area contributed by atoms with E-state index in [1.54, 1.807) is 30.3 Å². The Labute approximate surface area is 152 Å². The van der Waals surface area contributed by atoms with E-state index in [4.69, 9.17) is 9.47 Å². The van der Waals surface area contributed by atoms with Crippen LogP contribution in [0.4, 0.5) is 5.69 Å². The number of rotatable bonds is 7. The Hall–Kier alpha value is -3.15. The first-order valence-electron chi connectivity index (χ1n) is 8.12. The zero-order chi connectivity index (χ0) is 19.1. The van der Waals surface area contributed by atoms with E-state index < -0.39 is 18.5 Å². The van der Waals surface area contributed by atoms with Crippen molar-refractivity contribution in [3.63, 3.8) is 0 Å². The summed E-state index contributed by atoms with van der Waals surface area (Å²) in [5, 5.41) is 2.71. The Morgan fingerprint density at radius 3 is 2.46 bits per heavy atom. The van der Waals surface area contributed by atoms with Crippen LogP contribution in [0.3, 0.4) is 0 Å². The first kappa shape index (κ1) is 19.2. The zero-order valence-electron chi connectivity index (χ0n) is 15.0. The lowest BCUT2D eigenvalue weighted by Crippen LogP contribution is -2.24. The van der Waals surface area contributed by atoms with Crippen LogP contribution < -0.4 is 10.1 Å². The number of benzene rings is 2. The van der Waals surface area contributed by atoms with Crippen molar-refractivity contribution in [2.75, 3.05) is 18.5 Å². The number of hydrogen-bond acceptors (Lipinski definition) is 5. The van der Waals surface area contributed by atoms with Crippen LogP contribution in [0.15, 0.2) is 42.5 Å². The van der Waals surface area contributed by atoms with Gasteiger partial charge in [-0.05, 0) is 50.1 Å². The molecule has 0 atom stereocenters. The number of aryl methyl sites for hydroxylation is 1. The maximum absolute atomic E-state index is 11.9. The highest BCUT2D eigenvalue weighted by molar-refractivity contribution is 5.94. The van der Waals surface area contributed by atoms with Gasteiger partial charge in [-0.2, -0.15) is 0 Å². The molecule has 0 bridgehead atoms. The number of carbonyl (C=O) groups excluding carboxylic acids is 3. The zero-order valence-corrected chi connectivity index (χ0v) is 15.0. The van der Waals surface area contributed by atoms with E-state index in [-0.39, 0.29) is 12.4 Å². The summed E-state index contributed by atoms with van der Waals surface area (Å²) in [4.78, 5) is 34.9. The molecule has 6 heteroatoms. The third kappa shape index (κ3) is 5.44. The minimum absolute atomic E-state index is 0.0962. The summed E-state index contributed by atoms with van der Waals surface area (Å²) in [7, 11) is 0. The van der Waals surface area contributed by atoms with Crippen molar-refractivity contribution in [1.82, 2.24) is 0 Å².